The maximum atomic E-state index is 13.2. The van der Waals surface area contributed by atoms with Gasteiger partial charge in [-0.1, -0.05) is 0 Å². The van der Waals surface area contributed by atoms with Gasteiger partial charge in [0.2, 0.25) is 0 Å². The minimum Gasteiger partial charge on any atom is -0.456 e. The molecule has 1 fully saturated rings. The minimum absolute atomic E-state index is 0.0599. The Kier molecular flexibility index (Phi) is 5.91. The summed E-state index contributed by atoms with van der Waals surface area (Å²) in [6.45, 7) is 7.03. The molecule has 1 N–H and O–H groups in total. The second-order valence-electron chi connectivity index (χ2n) is 9.21. The Morgan fingerprint density at radius 3 is 2.73 bits per heavy atom. The Balaban J connectivity index is 1.31. The van der Waals surface area contributed by atoms with Crippen LogP contribution in [-0.2, 0) is 0 Å². The SMILES string of the molecule is Cc1nc(-c2cc3nccc(Oc4ccc5[nH]c(C)c(C#N)c5c4)c3s2)sc1C(=O)N1CCN(C)CC1. The highest BCUT2D eigenvalue weighted by Gasteiger charge is 2.25. The lowest BCUT2D eigenvalue weighted by Crippen LogP contribution is -2.47. The van der Waals surface area contributed by atoms with Gasteiger partial charge in [0.15, 0.2) is 0 Å². The molecule has 1 aromatic carbocycles. The second kappa shape index (κ2) is 9.27. The van der Waals surface area contributed by atoms with Crippen LogP contribution >= 0.6 is 22.7 Å². The third-order valence-corrected chi connectivity index (χ3v) is 9.12. The van der Waals surface area contributed by atoms with E-state index in [1.54, 1.807) is 17.5 Å². The Bertz CT molecular complexity index is 1700. The first-order valence-electron chi connectivity index (χ1n) is 12.0. The fourth-order valence-corrected chi connectivity index (χ4v) is 6.74. The zero-order chi connectivity index (χ0) is 25.7. The van der Waals surface area contributed by atoms with Gasteiger partial charge >= 0.3 is 0 Å². The molecule has 0 aliphatic carbocycles. The topological polar surface area (TPSA) is 98.1 Å². The van der Waals surface area contributed by atoms with Gasteiger partial charge in [-0.2, -0.15) is 5.26 Å². The number of H-pyrrole nitrogens is 1. The number of thiazole rings is 1. The molecule has 4 aromatic heterocycles. The maximum absolute atomic E-state index is 13.2. The van der Waals surface area contributed by atoms with Gasteiger partial charge in [0.05, 0.1) is 26.4 Å². The molecule has 0 bridgehead atoms. The number of aryl methyl sites for hydroxylation is 2. The van der Waals surface area contributed by atoms with Gasteiger partial charge in [-0.05, 0) is 45.2 Å². The fraction of sp³-hybridized carbons (Fsp3) is 0.259. The van der Waals surface area contributed by atoms with Crippen LogP contribution in [0.5, 0.6) is 11.5 Å². The molecule has 1 aliphatic heterocycles. The van der Waals surface area contributed by atoms with Crippen molar-refractivity contribution in [1.82, 2.24) is 24.8 Å². The van der Waals surface area contributed by atoms with Crippen LogP contribution in [0.2, 0.25) is 0 Å². The third kappa shape index (κ3) is 4.25. The third-order valence-electron chi connectivity index (χ3n) is 6.67. The van der Waals surface area contributed by atoms with E-state index in [2.05, 4.69) is 28.0 Å². The molecule has 0 atom stereocenters. The number of likely N-dealkylation sites (N-methyl/N-ethyl adjacent to an activating group) is 1. The Morgan fingerprint density at radius 2 is 1.95 bits per heavy atom. The van der Waals surface area contributed by atoms with Gasteiger partial charge in [0.25, 0.3) is 5.91 Å². The lowest BCUT2D eigenvalue weighted by Gasteiger charge is -2.32. The van der Waals surface area contributed by atoms with Gasteiger partial charge in [0, 0.05) is 55.0 Å². The molecule has 37 heavy (non-hydrogen) atoms. The fourth-order valence-electron chi connectivity index (χ4n) is 4.59. The van der Waals surface area contributed by atoms with E-state index >= 15 is 0 Å². The van der Waals surface area contributed by atoms with Crippen LogP contribution in [0.4, 0.5) is 0 Å². The van der Waals surface area contributed by atoms with Gasteiger partial charge in [0.1, 0.15) is 27.5 Å². The highest BCUT2D eigenvalue weighted by Crippen LogP contribution is 2.41. The van der Waals surface area contributed by atoms with E-state index in [-0.39, 0.29) is 5.91 Å². The number of nitriles is 1. The maximum Gasteiger partial charge on any atom is 0.265 e. The molecule has 8 nitrogen and oxygen atoms in total. The van der Waals surface area contributed by atoms with Crippen LogP contribution in [0.15, 0.2) is 36.5 Å². The van der Waals surface area contributed by atoms with E-state index in [1.165, 1.54) is 11.3 Å². The molecule has 0 saturated carbocycles. The van der Waals surface area contributed by atoms with Gasteiger partial charge in [-0.25, -0.2) is 4.98 Å². The molecule has 5 heterocycles. The van der Waals surface area contributed by atoms with Crippen molar-refractivity contribution in [2.45, 2.75) is 13.8 Å². The number of carbonyl (C=O) groups is 1. The van der Waals surface area contributed by atoms with Crippen molar-refractivity contribution in [3.8, 4) is 27.5 Å². The van der Waals surface area contributed by atoms with Crippen molar-refractivity contribution in [1.29, 1.82) is 5.26 Å². The number of hydrogen-bond donors (Lipinski definition) is 1. The molecule has 1 aliphatic rings. The number of benzene rings is 1. The van der Waals surface area contributed by atoms with E-state index in [1.807, 2.05) is 49.1 Å². The quantitative estimate of drug-likeness (QED) is 0.328. The zero-order valence-corrected chi connectivity index (χ0v) is 22.3. The number of aromatic nitrogens is 3. The van der Waals surface area contributed by atoms with Crippen molar-refractivity contribution in [2.75, 3.05) is 33.2 Å². The number of nitrogens with zero attached hydrogens (tertiary/aromatic N) is 5. The predicted molar refractivity (Wildman–Crippen MR) is 147 cm³/mol. The van der Waals surface area contributed by atoms with Crippen LogP contribution in [-0.4, -0.2) is 63.9 Å². The van der Waals surface area contributed by atoms with Gasteiger partial charge in [-0.15, -0.1) is 22.7 Å². The van der Waals surface area contributed by atoms with E-state index in [4.69, 9.17) is 9.72 Å². The van der Waals surface area contributed by atoms with Gasteiger partial charge < -0.3 is 19.5 Å². The lowest BCUT2D eigenvalue weighted by molar-refractivity contribution is 0.0668. The molecular weight excluding hydrogens is 504 g/mol. The minimum atomic E-state index is 0.0599. The number of amides is 1. The zero-order valence-electron chi connectivity index (χ0n) is 20.7. The number of ether oxygens (including phenoxy) is 1. The number of aromatic amines is 1. The van der Waals surface area contributed by atoms with E-state index < -0.39 is 0 Å². The van der Waals surface area contributed by atoms with Crippen LogP contribution in [0, 0.1) is 25.2 Å². The molecule has 0 unspecified atom stereocenters. The predicted octanol–water partition coefficient (Wildman–Crippen LogP) is 5.57. The van der Waals surface area contributed by atoms with E-state index in [0.29, 0.717) is 21.9 Å². The molecule has 1 saturated heterocycles. The number of carbonyl (C=O) groups excluding carboxylic acids is 1. The van der Waals surface area contributed by atoms with E-state index in [0.717, 1.165) is 68.6 Å². The van der Waals surface area contributed by atoms with Crippen molar-refractivity contribution >= 4 is 49.7 Å². The number of nitrogens with one attached hydrogen (secondary N) is 1. The van der Waals surface area contributed by atoms with Crippen LogP contribution in [0.1, 0.15) is 26.6 Å². The monoisotopic (exact) mass is 528 g/mol. The lowest BCUT2D eigenvalue weighted by atomic mass is 10.1. The number of fused-ring (bicyclic) bond motifs is 2. The van der Waals surface area contributed by atoms with Crippen molar-refractivity contribution in [3.63, 3.8) is 0 Å². The molecule has 186 valence electrons. The molecule has 1 amide bonds. The smallest absolute Gasteiger partial charge is 0.265 e. The van der Waals surface area contributed by atoms with Gasteiger partial charge in [-0.3, -0.25) is 9.78 Å². The number of rotatable bonds is 4. The summed E-state index contributed by atoms with van der Waals surface area (Å²) in [5.41, 5.74) is 3.94. The first-order chi connectivity index (χ1) is 17.9. The highest BCUT2D eigenvalue weighted by molar-refractivity contribution is 7.26. The summed E-state index contributed by atoms with van der Waals surface area (Å²) >= 11 is 2.99. The summed E-state index contributed by atoms with van der Waals surface area (Å²) < 4.78 is 7.18. The second-order valence-corrected chi connectivity index (χ2v) is 11.3. The first kappa shape index (κ1) is 23.6. The summed E-state index contributed by atoms with van der Waals surface area (Å²) in [7, 11) is 2.08. The highest BCUT2D eigenvalue weighted by atomic mass is 32.1. The molecular formula is C27H24N6O2S2. The summed E-state index contributed by atoms with van der Waals surface area (Å²) in [6, 6.07) is 11.8. The summed E-state index contributed by atoms with van der Waals surface area (Å²) in [5, 5.41) is 11.2. The number of pyridine rings is 1. The summed E-state index contributed by atoms with van der Waals surface area (Å²) in [5.74, 6) is 1.40. The Labute approximate surface area is 221 Å². The molecule has 5 aromatic rings. The van der Waals surface area contributed by atoms with Crippen molar-refractivity contribution in [3.05, 3.63) is 58.4 Å². The Morgan fingerprint density at radius 1 is 1.14 bits per heavy atom. The van der Waals surface area contributed by atoms with E-state index in [9.17, 15) is 10.1 Å². The molecule has 0 spiro atoms. The number of thiophene rings is 1. The first-order valence-corrected chi connectivity index (χ1v) is 13.6. The molecule has 10 heteroatoms. The average molecular weight is 529 g/mol. The number of hydrogen-bond acceptors (Lipinski definition) is 8. The number of piperazine rings is 1. The summed E-state index contributed by atoms with van der Waals surface area (Å²) in [4.78, 5) is 31.5. The standard InChI is InChI=1S/C27H24N6O2S2/c1-15-19(14-28)18-12-17(4-5-20(18)30-15)35-22-6-7-29-21-13-23(36-25(21)22)26-31-16(2)24(37-26)27(34)33-10-8-32(3)9-11-33/h4-7,12-13,30H,8-11H2,1-3H3. The molecule has 6 rings (SSSR count). The largest absolute Gasteiger partial charge is 0.456 e. The van der Waals surface area contributed by atoms with Crippen LogP contribution in [0.3, 0.4) is 0 Å². The summed E-state index contributed by atoms with van der Waals surface area (Å²) in [6.07, 6.45) is 1.73. The van der Waals surface area contributed by atoms with Crippen LogP contribution in [0.25, 0.3) is 31.0 Å². The van der Waals surface area contributed by atoms with Crippen molar-refractivity contribution < 1.29 is 9.53 Å². The average Bonchev–Trinajstić information content (AvgIpc) is 3.58. The molecule has 0 radical (unpaired) electrons. The van der Waals surface area contributed by atoms with Crippen LogP contribution < -0.4 is 4.74 Å². The normalized spacial score (nSPS) is 14.4. The Hall–Kier alpha value is -3.78. The van der Waals surface area contributed by atoms with Crippen molar-refractivity contribution in [2.24, 2.45) is 0 Å².